The lowest BCUT2D eigenvalue weighted by Crippen LogP contribution is -2.58. The third-order valence-electron chi connectivity index (χ3n) is 5.25. The summed E-state index contributed by atoms with van der Waals surface area (Å²) in [5.41, 5.74) is 1.77. The van der Waals surface area contributed by atoms with E-state index < -0.39 is 6.04 Å². The maximum atomic E-state index is 13.4. The molecule has 0 spiro atoms. The zero-order chi connectivity index (χ0) is 19.7. The third-order valence-corrected chi connectivity index (χ3v) is 5.25. The molecule has 1 saturated heterocycles. The Kier molecular flexibility index (Phi) is 4.69. The molecule has 1 fully saturated rings. The van der Waals surface area contributed by atoms with Gasteiger partial charge in [0.25, 0.3) is 11.5 Å². The zero-order valence-corrected chi connectivity index (χ0v) is 15.6. The molecule has 3 aromatic rings. The lowest BCUT2D eigenvalue weighted by atomic mass is 10.00. The standard InChI is InChI=1S/C22H21N3O3/c1-24-18-10-6-5-9-16(18)17(14-20(24)26)22(28)25-12-11-23-21(27)19(25)13-15-7-3-2-4-8-15/h2-10,14,19H,11-13H2,1H3,(H,23,27)/t19-/m0/s1. The summed E-state index contributed by atoms with van der Waals surface area (Å²) in [6, 6.07) is 17.7. The number of nitrogens with zero attached hydrogens (tertiary/aromatic N) is 2. The van der Waals surface area contributed by atoms with Crippen molar-refractivity contribution in [2.24, 2.45) is 7.05 Å². The largest absolute Gasteiger partial charge is 0.353 e. The van der Waals surface area contributed by atoms with Crippen LogP contribution in [0.2, 0.25) is 0 Å². The number of benzene rings is 2. The van der Waals surface area contributed by atoms with Gasteiger partial charge in [0.2, 0.25) is 5.91 Å². The predicted octanol–water partition coefficient (Wildman–Crippen LogP) is 1.72. The first-order valence-corrected chi connectivity index (χ1v) is 9.27. The second-order valence-corrected chi connectivity index (χ2v) is 6.97. The lowest BCUT2D eigenvalue weighted by Gasteiger charge is -2.35. The summed E-state index contributed by atoms with van der Waals surface area (Å²) in [5, 5.41) is 3.56. The Balaban J connectivity index is 1.75. The van der Waals surface area contributed by atoms with Gasteiger partial charge in [0.15, 0.2) is 0 Å². The Hall–Kier alpha value is -3.41. The van der Waals surface area contributed by atoms with E-state index in [1.807, 2.05) is 54.6 Å². The van der Waals surface area contributed by atoms with Crippen LogP contribution in [-0.4, -0.2) is 40.4 Å². The van der Waals surface area contributed by atoms with Crippen LogP contribution >= 0.6 is 0 Å². The minimum Gasteiger partial charge on any atom is -0.353 e. The van der Waals surface area contributed by atoms with Gasteiger partial charge in [-0.2, -0.15) is 0 Å². The molecule has 2 amide bonds. The molecule has 28 heavy (non-hydrogen) atoms. The molecule has 1 aliphatic heterocycles. The Bertz CT molecular complexity index is 1100. The van der Waals surface area contributed by atoms with Crippen molar-refractivity contribution < 1.29 is 9.59 Å². The highest BCUT2D eigenvalue weighted by atomic mass is 16.2. The second-order valence-electron chi connectivity index (χ2n) is 6.97. The van der Waals surface area contributed by atoms with E-state index in [-0.39, 0.29) is 17.4 Å². The molecule has 1 atom stereocenters. The van der Waals surface area contributed by atoms with Crippen LogP contribution in [0.3, 0.4) is 0 Å². The maximum Gasteiger partial charge on any atom is 0.255 e. The summed E-state index contributed by atoms with van der Waals surface area (Å²) < 4.78 is 1.52. The van der Waals surface area contributed by atoms with Gasteiger partial charge in [-0.25, -0.2) is 0 Å². The molecule has 1 N–H and O–H groups in total. The van der Waals surface area contributed by atoms with E-state index in [2.05, 4.69) is 5.32 Å². The molecule has 2 heterocycles. The number of carbonyl (C=O) groups excluding carboxylic acids is 2. The molecule has 6 nitrogen and oxygen atoms in total. The fraction of sp³-hybridized carbons (Fsp3) is 0.227. The number of fused-ring (bicyclic) bond motifs is 1. The van der Waals surface area contributed by atoms with E-state index in [9.17, 15) is 14.4 Å². The molecule has 4 rings (SSSR count). The molecule has 1 aromatic heterocycles. The highest BCUT2D eigenvalue weighted by Gasteiger charge is 2.34. The van der Waals surface area contributed by atoms with Gasteiger partial charge in [-0.3, -0.25) is 14.4 Å². The molecule has 0 saturated carbocycles. The minimum absolute atomic E-state index is 0.170. The number of hydrogen-bond acceptors (Lipinski definition) is 3. The number of piperazine rings is 1. The summed E-state index contributed by atoms with van der Waals surface area (Å²) >= 11 is 0. The quantitative estimate of drug-likeness (QED) is 0.758. The number of amides is 2. The van der Waals surface area contributed by atoms with Gasteiger partial charge in [0.1, 0.15) is 6.04 Å². The molecule has 0 radical (unpaired) electrons. The number of carbonyl (C=O) groups is 2. The van der Waals surface area contributed by atoms with E-state index in [4.69, 9.17) is 0 Å². The molecule has 1 aliphatic rings. The van der Waals surface area contributed by atoms with Crippen molar-refractivity contribution in [3.8, 4) is 0 Å². The van der Waals surface area contributed by atoms with E-state index in [0.717, 1.165) is 5.56 Å². The smallest absolute Gasteiger partial charge is 0.255 e. The summed E-state index contributed by atoms with van der Waals surface area (Å²) in [5.74, 6) is -0.457. The van der Waals surface area contributed by atoms with Crippen molar-refractivity contribution >= 4 is 22.7 Å². The van der Waals surface area contributed by atoms with Crippen LogP contribution in [0.15, 0.2) is 65.5 Å². The molecule has 142 valence electrons. The van der Waals surface area contributed by atoms with Crippen molar-refractivity contribution in [2.45, 2.75) is 12.5 Å². The second kappa shape index (κ2) is 7.31. The van der Waals surface area contributed by atoms with Gasteiger partial charge >= 0.3 is 0 Å². The van der Waals surface area contributed by atoms with Gasteiger partial charge in [-0.1, -0.05) is 48.5 Å². The summed E-state index contributed by atoms with van der Waals surface area (Å²) in [6.45, 7) is 0.810. The van der Waals surface area contributed by atoms with E-state index in [0.29, 0.717) is 36.0 Å². The van der Waals surface area contributed by atoms with Crippen molar-refractivity contribution in [3.63, 3.8) is 0 Å². The third kappa shape index (κ3) is 3.17. The molecule has 0 bridgehead atoms. The average molecular weight is 375 g/mol. The first-order valence-electron chi connectivity index (χ1n) is 9.27. The molecular weight excluding hydrogens is 354 g/mol. The number of para-hydroxylation sites is 1. The SMILES string of the molecule is Cn1c(=O)cc(C(=O)N2CCNC(=O)[C@@H]2Cc2ccccc2)c2ccccc21. The first-order chi connectivity index (χ1) is 13.6. The molecule has 0 aliphatic carbocycles. The van der Waals surface area contributed by atoms with Crippen LogP contribution in [0.1, 0.15) is 15.9 Å². The van der Waals surface area contributed by atoms with E-state index in [1.165, 1.54) is 10.6 Å². The number of rotatable bonds is 3. The molecular formula is C22H21N3O3. The number of pyridine rings is 1. The highest BCUT2D eigenvalue weighted by molar-refractivity contribution is 6.07. The van der Waals surface area contributed by atoms with Crippen LogP contribution in [0.4, 0.5) is 0 Å². The summed E-state index contributed by atoms with van der Waals surface area (Å²) in [7, 11) is 1.69. The van der Waals surface area contributed by atoms with Crippen LogP contribution in [-0.2, 0) is 18.3 Å². The lowest BCUT2D eigenvalue weighted by molar-refractivity contribution is -0.127. The van der Waals surface area contributed by atoms with Gasteiger partial charge in [0, 0.05) is 38.0 Å². The van der Waals surface area contributed by atoms with Crippen molar-refractivity contribution in [1.82, 2.24) is 14.8 Å². The zero-order valence-electron chi connectivity index (χ0n) is 15.6. The molecule has 0 unspecified atom stereocenters. The number of nitrogens with one attached hydrogen (secondary N) is 1. The Morgan fingerprint density at radius 2 is 1.79 bits per heavy atom. The van der Waals surface area contributed by atoms with Crippen molar-refractivity contribution in [2.75, 3.05) is 13.1 Å². The maximum absolute atomic E-state index is 13.4. The fourth-order valence-electron chi connectivity index (χ4n) is 3.74. The van der Waals surface area contributed by atoms with Gasteiger partial charge in [0.05, 0.1) is 11.1 Å². The average Bonchev–Trinajstić information content (AvgIpc) is 2.72. The fourth-order valence-corrected chi connectivity index (χ4v) is 3.74. The minimum atomic E-state index is -0.605. The van der Waals surface area contributed by atoms with Crippen molar-refractivity contribution in [1.29, 1.82) is 0 Å². The Morgan fingerprint density at radius 1 is 1.07 bits per heavy atom. The first kappa shape index (κ1) is 18.0. The normalized spacial score (nSPS) is 16.8. The molecule has 2 aromatic carbocycles. The van der Waals surface area contributed by atoms with Crippen LogP contribution in [0.5, 0.6) is 0 Å². The van der Waals surface area contributed by atoms with Gasteiger partial charge in [-0.05, 0) is 11.6 Å². The molecule has 6 heteroatoms. The topological polar surface area (TPSA) is 71.4 Å². The monoisotopic (exact) mass is 375 g/mol. The van der Waals surface area contributed by atoms with Gasteiger partial charge in [-0.15, -0.1) is 0 Å². The number of hydrogen-bond donors (Lipinski definition) is 1. The van der Waals surface area contributed by atoms with Crippen LogP contribution in [0.25, 0.3) is 10.9 Å². The van der Waals surface area contributed by atoms with E-state index >= 15 is 0 Å². The number of aryl methyl sites for hydroxylation is 1. The van der Waals surface area contributed by atoms with Crippen LogP contribution < -0.4 is 10.9 Å². The van der Waals surface area contributed by atoms with Crippen LogP contribution in [0, 0.1) is 0 Å². The summed E-state index contributed by atoms with van der Waals surface area (Å²) in [6.07, 6.45) is 0.432. The number of aromatic nitrogens is 1. The Morgan fingerprint density at radius 3 is 2.57 bits per heavy atom. The van der Waals surface area contributed by atoms with E-state index in [1.54, 1.807) is 11.9 Å². The predicted molar refractivity (Wildman–Crippen MR) is 107 cm³/mol. The Labute approximate surface area is 162 Å². The summed E-state index contributed by atoms with van der Waals surface area (Å²) in [4.78, 5) is 40.0. The van der Waals surface area contributed by atoms with Crippen molar-refractivity contribution in [3.05, 3.63) is 82.1 Å². The van der Waals surface area contributed by atoms with Gasteiger partial charge < -0.3 is 14.8 Å². The highest BCUT2D eigenvalue weighted by Crippen LogP contribution is 2.21.